The van der Waals surface area contributed by atoms with Crippen molar-refractivity contribution in [1.82, 2.24) is 5.32 Å². The molecule has 3 rings (SSSR count). The van der Waals surface area contributed by atoms with Gasteiger partial charge in [0.05, 0.1) is 6.54 Å². The van der Waals surface area contributed by atoms with Crippen LogP contribution in [0.1, 0.15) is 49.5 Å². The molecule has 0 bridgehead atoms. The summed E-state index contributed by atoms with van der Waals surface area (Å²) in [6.45, 7) is 7.28. The van der Waals surface area contributed by atoms with Crippen molar-refractivity contribution in [2.24, 2.45) is 0 Å². The minimum Gasteiger partial charge on any atom is -0.459 e. The standard InChI is InChI=1S/C16H20BrNO/c1-9(2)18-8-14-15(11-4-5-11)13-7-12(17)6-10(3)16(13)19-14/h6-7,9,11,18H,4-5,8H2,1-3H3. The lowest BCUT2D eigenvalue weighted by atomic mass is 10.0. The number of nitrogens with one attached hydrogen (secondary N) is 1. The summed E-state index contributed by atoms with van der Waals surface area (Å²) in [4.78, 5) is 0. The quantitative estimate of drug-likeness (QED) is 0.868. The van der Waals surface area contributed by atoms with Gasteiger partial charge in [-0.1, -0.05) is 29.8 Å². The molecule has 2 nitrogen and oxygen atoms in total. The predicted molar refractivity (Wildman–Crippen MR) is 82.6 cm³/mol. The molecule has 19 heavy (non-hydrogen) atoms. The lowest BCUT2D eigenvalue weighted by Gasteiger charge is -2.07. The number of benzene rings is 1. The van der Waals surface area contributed by atoms with Crippen LogP contribution in [0.3, 0.4) is 0 Å². The van der Waals surface area contributed by atoms with Gasteiger partial charge < -0.3 is 9.73 Å². The van der Waals surface area contributed by atoms with Crippen LogP contribution in [0.15, 0.2) is 21.0 Å². The zero-order valence-corrected chi connectivity index (χ0v) is 13.3. The third-order valence-electron chi connectivity index (χ3n) is 3.71. The first-order valence-corrected chi connectivity index (χ1v) is 7.80. The Morgan fingerprint density at radius 2 is 2.11 bits per heavy atom. The molecule has 0 atom stereocenters. The molecule has 1 aromatic heterocycles. The van der Waals surface area contributed by atoms with E-state index in [4.69, 9.17) is 4.42 Å². The highest BCUT2D eigenvalue weighted by Crippen LogP contribution is 2.47. The van der Waals surface area contributed by atoms with Crippen molar-refractivity contribution in [3.63, 3.8) is 0 Å². The molecule has 0 unspecified atom stereocenters. The summed E-state index contributed by atoms with van der Waals surface area (Å²) in [5.74, 6) is 1.84. The average Bonchev–Trinajstić information content (AvgIpc) is 3.08. The van der Waals surface area contributed by atoms with Gasteiger partial charge in [0.1, 0.15) is 11.3 Å². The largest absolute Gasteiger partial charge is 0.459 e. The molecule has 1 aromatic carbocycles. The van der Waals surface area contributed by atoms with Crippen LogP contribution in [0.4, 0.5) is 0 Å². The molecular weight excluding hydrogens is 302 g/mol. The molecule has 3 heteroatoms. The molecule has 1 N–H and O–H groups in total. The van der Waals surface area contributed by atoms with Gasteiger partial charge in [0, 0.05) is 21.5 Å². The highest BCUT2D eigenvalue weighted by molar-refractivity contribution is 9.10. The minimum absolute atomic E-state index is 0.480. The first kappa shape index (κ1) is 13.2. The summed E-state index contributed by atoms with van der Waals surface area (Å²) < 4.78 is 7.30. The number of aryl methyl sites for hydroxylation is 1. The van der Waals surface area contributed by atoms with E-state index in [0.717, 1.165) is 22.4 Å². The van der Waals surface area contributed by atoms with Crippen LogP contribution in [0.25, 0.3) is 11.0 Å². The van der Waals surface area contributed by atoms with E-state index in [-0.39, 0.29) is 0 Å². The number of halogens is 1. The van der Waals surface area contributed by atoms with Crippen LogP contribution < -0.4 is 5.32 Å². The summed E-state index contributed by atoms with van der Waals surface area (Å²) in [6, 6.07) is 4.81. The highest BCUT2D eigenvalue weighted by atomic mass is 79.9. The van der Waals surface area contributed by atoms with Gasteiger partial charge in [-0.3, -0.25) is 0 Å². The van der Waals surface area contributed by atoms with Crippen LogP contribution in [0, 0.1) is 6.92 Å². The molecule has 1 fully saturated rings. The van der Waals surface area contributed by atoms with Crippen molar-refractivity contribution >= 4 is 26.9 Å². The van der Waals surface area contributed by atoms with E-state index >= 15 is 0 Å². The van der Waals surface area contributed by atoms with Crippen LogP contribution in [0.5, 0.6) is 0 Å². The fourth-order valence-electron chi connectivity index (χ4n) is 2.64. The lowest BCUT2D eigenvalue weighted by molar-refractivity contribution is 0.482. The predicted octanol–water partition coefficient (Wildman–Crippen LogP) is 4.88. The Morgan fingerprint density at radius 1 is 1.37 bits per heavy atom. The van der Waals surface area contributed by atoms with Crippen LogP contribution in [-0.2, 0) is 6.54 Å². The number of furan rings is 1. The highest BCUT2D eigenvalue weighted by Gasteiger charge is 2.31. The molecule has 1 aliphatic rings. The first-order valence-electron chi connectivity index (χ1n) is 7.01. The Morgan fingerprint density at radius 3 is 2.74 bits per heavy atom. The molecule has 1 aliphatic carbocycles. The maximum absolute atomic E-state index is 6.15. The van der Waals surface area contributed by atoms with Crippen LogP contribution >= 0.6 is 15.9 Å². The van der Waals surface area contributed by atoms with Crippen molar-refractivity contribution < 1.29 is 4.42 Å². The van der Waals surface area contributed by atoms with Crippen molar-refractivity contribution in [3.05, 3.63) is 33.5 Å². The van der Waals surface area contributed by atoms with E-state index in [1.165, 1.54) is 29.4 Å². The Hall–Kier alpha value is -0.800. The van der Waals surface area contributed by atoms with Gasteiger partial charge in [-0.05, 0) is 43.4 Å². The fraction of sp³-hybridized carbons (Fsp3) is 0.500. The Kier molecular flexibility index (Phi) is 3.44. The van der Waals surface area contributed by atoms with Gasteiger partial charge in [-0.2, -0.15) is 0 Å². The Labute approximate surface area is 122 Å². The van der Waals surface area contributed by atoms with Gasteiger partial charge in [0.25, 0.3) is 0 Å². The van der Waals surface area contributed by atoms with E-state index in [1.807, 2.05) is 0 Å². The van der Waals surface area contributed by atoms with Crippen molar-refractivity contribution in [2.45, 2.75) is 52.1 Å². The van der Waals surface area contributed by atoms with Gasteiger partial charge in [-0.25, -0.2) is 0 Å². The van der Waals surface area contributed by atoms with Crippen molar-refractivity contribution in [1.29, 1.82) is 0 Å². The zero-order chi connectivity index (χ0) is 13.6. The Bertz CT molecular complexity index is 611. The first-order chi connectivity index (χ1) is 9.06. The third kappa shape index (κ3) is 2.59. The summed E-state index contributed by atoms with van der Waals surface area (Å²) in [7, 11) is 0. The maximum Gasteiger partial charge on any atom is 0.137 e. The van der Waals surface area contributed by atoms with E-state index in [9.17, 15) is 0 Å². The van der Waals surface area contributed by atoms with E-state index in [0.29, 0.717) is 12.0 Å². The van der Waals surface area contributed by atoms with Crippen LogP contribution in [-0.4, -0.2) is 6.04 Å². The molecule has 1 saturated carbocycles. The summed E-state index contributed by atoms with van der Waals surface area (Å²) >= 11 is 3.60. The normalized spacial score (nSPS) is 15.6. The van der Waals surface area contributed by atoms with Crippen molar-refractivity contribution in [3.8, 4) is 0 Å². The Balaban J connectivity index is 2.10. The van der Waals surface area contributed by atoms with E-state index in [2.05, 4.69) is 54.2 Å². The molecule has 0 aliphatic heterocycles. The number of rotatable bonds is 4. The number of fused-ring (bicyclic) bond motifs is 1. The molecule has 0 spiro atoms. The zero-order valence-electron chi connectivity index (χ0n) is 11.7. The smallest absolute Gasteiger partial charge is 0.137 e. The van der Waals surface area contributed by atoms with Gasteiger partial charge in [-0.15, -0.1) is 0 Å². The maximum atomic E-state index is 6.15. The second-order valence-corrected chi connectivity index (χ2v) is 6.76. The molecule has 0 saturated heterocycles. The fourth-order valence-corrected chi connectivity index (χ4v) is 3.21. The van der Waals surface area contributed by atoms with Crippen molar-refractivity contribution in [2.75, 3.05) is 0 Å². The molecule has 102 valence electrons. The van der Waals surface area contributed by atoms with E-state index < -0.39 is 0 Å². The molecule has 2 aromatic rings. The molecular formula is C16H20BrNO. The van der Waals surface area contributed by atoms with Gasteiger partial charge in [0.2, 0.25) is 0 Å². The van der Waals surface area contributed by atoms with Gasteiger partial charge in [0.15, 0.2) is 0 Å². The summed E-state index contributed by atoms with van der Waals surface area (Å²) in [5, 5.41) is 4.78. The van der Waals surface area contributed by atoms with E-state index in [1.54, 1.807) is 0 Å². The second kappa shape index (κ2) is 4.95. The average molecular weight is 322 g/mol. The van der Waals surface area contributed by atoms with Gasteiger partial charge >= 0.3 is 0 Å². The monoisotopic (exact) mass is 321 g/mol. The molecule has 0 radical (unpaired) electrons. The minimum atomic E-state index is 0.480. The lowest BCUT2D eigenvalue weighted by Crippen LogP contribution is -2.22. The topological polar surface area (TPSA) is 25.2 Å². The SMILES string of the molecule is Cc1cc(Br)cc2c(C3CC3)c(CNC(C)C)oc12. The number of hydrogen-bond donors (Lipinski definition) is 1. The third-order valence-corrected chi connectivity index (χ3v) is 4.17. The second-order valence-electron chi connectivity index (χ2n) is 5.85. The van der Waals surface area contributed by atoms with Crippen LogP contribution in [0.2, 0.25) is 0 Å². The summed E-state index contributed by atoms with van der Waals surface area (Å²) in [6.07, 6.45) is 2.60. The summed E-state index contributed by atoms with van der Waals surface area (Å²) in [5.41, 5.74) is 3.71. The molecule has 0 amide bonds. The molecule has 1 heterocycles. The number of hydrogen-bond acceptors (Lipinski definition) is 2.